The van der Waals surface area contributed by atoms with Crippen molar-refractivity contribution in [1.29, 1.82) is 0 Å². The van der Waals surface area contributed by atoms with Crippen molar-refractivity contribution in [3.8, 4) is 0 Å². The minimum Gasteiger partial charge on any atom is -0.318 e. The van der Waals surface area contributed by atoms with Gasteiger partial charge in [-0.1, -0.05) is 0 Å². The fourth-order valence-corrected chi connectivity index (χ4v) is 0.967. The molecule has 1 aliphatic heterocycles. The minimum absolute atomic E-state index is 0.158. The molecule has 0 aliphatic carbocycles. The molecule has 0 fully saturated rings. The molecule has 0 spiro atoms. The van der Waals surface area contributed by atoms with Gasteiger partial charge < -0.3 is 5.32 Å². The fourth-order valence-electron chi connectivity index (χ4n) is 0.967. The zero-order valence-corrected chi connectivity index (χ0v) is 7.64. The minimum atomic E-state index is -0.361. The summed E-state index contributed by atoms with van der Waals surface area (Å²) >= 11 is 0. The highest BCUT2D eigenvalue weighted by atomic mass is 16.2. The maximum Gasteiger partial charge on any atom is 0.293 e. The lowest BCUT2D eigenvalue weighted by molar-refractivity contribution is 0.0958. The standard InChI is InChI=1S/C8H8N6O/c15-8(7-9-5-12-14-7)13-6-2-1-3-10-11-4-6/h1-5,10H,(H,13,15)(H,9,12,14). The average Bonchev–Trinajstić information content (AvgIpc) is 2.65. The van der Waals surface area contributed by atoms with Crippen LogP contribution in [-0.4, -0.2) is 27.3 Å². The van der Waals surface area contributed by atoms with E-state index in [9.17, 15) is 4.79 Å². The summed E-state index contributed by atoms with van der Waals surface area (Å²) in [5.41, 5.74) is 3.20. The van der Waals surface area contributed by atoms with Crippen LogP contribution in [0.1, 0.15) is 10.6 Å². The number of hydrazone groups is 1. The van der Waals surface area contributed by atoms with E-state index in [0.29, 0.717) is 5.70 Å². The van der Waals surface area contributed by atoms with Gasteiger partial charge in [0, 0.05) is 6.20 Å². The van der Waals surface area contributed by atoms with Gasteiger partial charge in [-0.2, -0.15) is 10.2 Å². The fraction of sp³-hybridized carbons (Fsp3) is 0. The summed E-state index contributed by atoms with van der Waals surface area (Å²) in [5.74, 6) is -0.203. The zero-order valence-electron chi connectivity index (χ0n) is 7.64. The molecule has 15 heavy (non-hydrogen) atoms. The van der Waals surface area contributed by atoms with Crippen molar-refractivity contribution >= 4 is 12.1 Å². The van der Waals surface area contributed by atoms with Crippen molar-refractivity contribution in [2.45, 2.75) is 0 Å². The molecule has 0 bridgehead atoms. The second-order valence-electron chi connectivity index (χ2n) is 2.66. The van der Waals surface area contributed by atoms with E-state index in [0.717, 1.165) is 0 Å². The number of carbonyl (C=O) groups is 1. The third kappa shape index (κ3) is 2.27. The summed E-state index contributed by atoms with van der Waals surface area (Å²) in [6.45, 7) is 0. The lowest BCUT2D eigenvalue weighted by Crippen LogP contribution is -2.24. The first kappa shape index (κ1) is 9.13. The smallest absolute Gasteiger partial charge is 0.293 e. The third-order valence-corrected chi connectivity index (χ3v) is 1.61. The molecular formula is C8H8N6O. The molecule has 0 atom stereocenters. The van der Waals surface area contributed by atoms with E-state index in [-0.39, 0.29) is 11.7 Å². The van der Waals surface area contributed by atoms with Crippen LogP contribution in [-0.2, 0) is 0 Å². The number of nitrogens with one attached hydrogen (secondary N) is 3. The van der Waals surface area contributed by atoms with E-state index >= 15 is 0 Å². The van der Waals surface area contributed by atoms with Crippen molar-refractivity contribution in [2.24, 2.45) is 5.10 Å². The topological polar surface area (TPSA) is 95.1 Å². The van der Waals surface area contributed by atoms with E-state index in [1.54, 1.807) is 18.4 Å². The van der Waals surface area contributed by atoms with Gasteiger partial charge in [0.1, 0.15) is 6.33 Å². The average molecular weight is 204 g/mol. The van der Waals surface area contributed by atoms with Crippen molar-refractivity contribution in [2.75, 3.05) is 0 Å². The largest absolute Gasteiger partial charge is 0.318 e. The van der Waals surface area contributed by atoms with Gasteiger partial charge in [-0.05, 0) is 12.2 Å². The first-order valence-electron chi connectivity index (χ1n) is 4.18. The Balaban J connectivity index is 2.06. The maximum atomic E-state index is 11.5. The quantitative estimate of drug-likeness (QED) is 0.606. The summed E-state index contributed by atoms with van der Waals surface area (Å²) in [5, 5.41) is 12.4. The van der Waals surface area contributed by atoms with Gasteiger partial charge in [0.2, 0.25) is 5.82 Å². The Hall–Kier alpha value is -2.44. The molecule has 0 unspecified atom stereocenters. The summed E-state index contributed by atoms with van der Waals surface area (Å²) in [6, 6.07) is 0. The number of rotatable bonds is 2. The van der Waals surface area contributed by atoms with Crippen LogP contribution in [0.3, 0.4) is 0 Å². The molecule has 2 heterocycles. The second kappa shape index (κ2) is 4.18. The maximum absolute atomic E-state index is 11.5. The molecule has 1 aromatic heterocycles. The molecule has 3 N–H and O–H groups in total. The SMILES string of the molecule is O=C(NC1=CC=CNN=C1)c1ncn[nH]1. The first-order chi connectivity index (χ1) is 7.36. The Morgan fingerprint density at radius 1 is 1.47 bits per heavy atom. The molecule has 1 aliphatic rings. The number of H-pyrrole nitrogens is 1. The van der Waals surface area contributed by atoms with E-state index in [1.807, 2.05) is 0 Å². The van der Waals surface area contributed by atoms with Crippen LogP contribution >= 0.6 is 0 Å². The molecule has 1 aromatic rings. The normalized spacial score (nSPS) is 14.0. The predicted octanol–water partition coefficient (Wildman–Crippen LogP) is -0.479. The first-order valence-corrected chi connectivity index (χ1v) is 4.18. The molecule has 76 valence electrons. The summed E-state index contributed by atoms with van der Waals surface area (Å²) in [7, 11) is 0. The number of hydrogen-bond acceptors (Lipinski definition) is 5. The van der Waals surface area contributed by atoms with Crippen LogP contribution in [0.25, 0.3) is 0 Å². The highest BCUT2D eigenvalue weighted by molar-refractivity contribution is 5.96. The Morgan fingerprint density at radius 2 is 2.40 bits per heavy atom. The van der Waals surface area contributed by atoms with Gasteiger partial charge in [0.15, 0.2) is 0 Å². The molecule has 0 radical (unpaired) electrons. The van der Waals surface area contributed by atoms with Gasteiger partial charge in [0.25, 0.3) is 5.91 Å². The molecular weight excluding hydrogens is 196 g/mol. The van der Waals surface area contributed by atoms with Gasteiger partial charge in [-0.15, -0.1) is 0 Å². The van der Waals surface area contributed by atoms with Crippen molar-refractivity contribution in [3.63, 3.8) is 0 Å². The Labute approximate surface area is 85.0 Å². The van der Waals surface area contributed by atoms with Crippen LogP contribution in [0.15, 0.2) is 35.5 Å². The van der Waals surface area contributed by atoms with Gasteiger partial charge in [0.05, 0.1) is 11.9 Å². The van der Waals surface area contributed by atoms with Gasteiger partial charge >= 0.3 is 0 Å². The number of nitrogens with zero attached hydrogens (tertiary/aromatic N) is 3. The Bertz CT molecular complexity index is 430. The number of hydrogen-bond donors (Lipinski definition) is 3. The Kier molecular flexibility index (Phi) is 2.54. The predicted molar refractivity (Wildman–Crippen MR) is 52.7 cm³/mol. The van der Waals surface area contributed by atoms with Crippen LogP contribution in [0.2, 0.25) is 0 Å². The molecule has 0 aromatic carbocycles. The molecule has 1 amide bonds. The van der Waals surface area contributed by atoms with Crippen LogP contribution in [0.4, 0.5) is 0 Å². The highest BCUT2D eigenvalue weighted by Gasteiger charge is 2.09. The van der Waals surface area contributed by atoms with Crippen molar-refractivity contribution < 1.29 is 4.79 Å². The zero-order chi connectivity index (χ0) is 10.5. The highest BCUT2D eigenvalue weighted by Crippen LogP contribution is 1.93. The number of carbonyl (C=O) groups excluding carboxylic acids is 1. The van der Waals surface area contributed by atoms with Crippen LogP contribution in [0.5, 0.6) is 0 Å². The monoisotopic (exact) mass is 204 g/mol. The number of allylic oxidation sites excluding steroid dienone is 3. The molecule has 2 rings (SSSR count). The second-order valence-corrected chi connectivity index (χ2v) is 2.66. The summed E-state index contributed by atoms with van der Waals surface area (Å²) in [4.78, 5) is 15.2. The van der Waals surface area contributed by atoms with Gasteiger partial charge in [-0.3, -0.25) is 15.3 Å². The molecule has 7 heteroatoms. The van der Waals surface area contributed by atoms with Crippen molar-refractivity contribution in [3.05, 3.63) is 36.2 Å². The Morgan fingerprint density at radius 3 is 3.20 bits per heavy atom. The van der Waals surface area contributed by atoms with Crippen molar-refractivity contribution in [1.82, 2.24) is 25.9 Å². The van der Waals surface area contributed by atoms with E-state index in [1.165, 1.54) is 12.5 Å². The van der Waals surface area contributed by atoms with E-state index in [2.05, 4.69) is 31.0 Å². The van der Waals surface area contributed by atoms with Crippen LogP contribution in [0, 0.1) is 0 Å². The lowest BCUT2D eigenvalue weighted by atomic mass is 10.4. The van der Waals surface area contributed by atoms with Crippen LogP contribution < -0.4 is 10.7 Å². The number of aromatic amines is 1. The molecule has 0 saturated carbocycles. The van der Waals surface area contributed by atoms with E-state index in [4.69, 9.17) is 0 Å². The lowest BCUT2D eigenvalue weighted by Gasteiger charge is -2.00. The molecule has 0 saturated heterocycles. The summed E-state index contributed by atoms with van der Waals surface area (Å²) < 4.78 is 0. The van der Waals surface area contributed by atoms with E-state index < -0.39 is 0 Å². The summed E-state index contributed by atoms with van der Waals surface area (Å²) in [6.07, 6.45) is 7.84. The third-order valence-electron chi connectivity index (χ3n) is 1.61. The molecule has 7 nitrogen and oxygen atoms in total. The number of amides is 1. The number of aromatic nitrogens is 3. The van der Waals surface area contributed by atoms with Gasteiger partial charge in [-0.25, -0.2) is 4.98 Å².